The maximum Gasteiger partial charge on any atom is 0.227 e. The van der Waals surface area contributed by atoms with Crippen LogP contribution in [0.15, 0.2) is 42.5 Å². The summed E-state index contributed by atoms with van der Waals surface area (Å²) >= 11 is 6.04. The molecule has 0 atom stereocenters. The second-order valence-corrected chi connectivity index (χ2v) is 5.63. The van der Waals surface area contributed by atoms with Crippen molar-refractivity contribution in [3.63, 3.8) is 0 Å². The molecule has 0 unspecified atom stereocenters. The molecule has 2 aromatic rings. The van der Waals surface area contributed by atoms with E-state index in [1.807, 2.05) is 24.3 Å². The summed E-state index contributed by atoms with van der Waals surface area (Å²) in [6.07, 6.45) is 1.44. The van der Waals surface area contributed by atoms with Crippen molar-refractivity contribution in [1.82, 2.24) is 0 Å². The summed E-state index contributed by atoms with van der Waals surface area (Å²) < 4.78 is 13.8. The van der Waals surface area contributed by atoms with Crippen LogP contribution in [0.25, 0.3) is 0 Å². The van der Waals surface area contributed by atoms with E-state index in [4.69, 9.17) is 11.6 Å². The number of benzene rings is 2. The minimum Gasteiger partial charge on any atom is -0.379 e. The smallest absolute Gasteiger partial charge is 0.227 e. The molecular formula is C17H16ClFN2O. The van der Waals surface area contributed by atoms with Gasteiger partial charge in [-0.15, -0.1) is 0 Å². The van der Waals surface area contributed by atoms with Gasteiger partial charge in [0.2, 0.25) is 5.91 Å². The fraction of sp³-hybridized carbons (Fsp3) is 0.235. The number of carbonyl (C=O) groups excluding carboxylic acids is 1. The molecule has 1 N–H and O–H groups in total. The number of rotatable bonds is 4. The maximum absolute atomic E-state index is 13.8. The summed E-state index contributed by atoms with van der Waals surface area (Å²) in [6, 6.07) is 12.2. The minimum absolute atomic E-state index is 0.123. The molecule has 3 nitrogen and oxygen atoms in total. The summed E-state index contributed by atoms with van der Waals surface area (Å²) in [5.74, 6) is -0.215. The second-order valence-electron chi connectivity index (χ2n) is 5.22. The van der Waals surface area contributed by atoms with E-state index >= 15 is 0 Å². The lowest BCUT2D eigenvalue weighted by atomic mass is 10.2. The van der Waals surface area contributed by atoms with Gasteiger partial charge in [0.25, 0.3) is 0 Å². The summed E-state index contributed by atoms with van der Waals surface area (Å²) in [5, 5.41) is 3.58. The highest BCUT2D eigenvalue weighted by Crippen LogP contribution is 2.30. The first-order chi connectivity index (χ1) is 10.7. The van der Waals surface area contributed by atoms with E-state index in [1.165, 1.54) is 6.07 Å². The van der Waals surface area contributed by atoms with Crippen LogP contribution >= 0.6 is 11.6 Å². The molecule has 1 amide bonds. The molecule has 0 aliphatic carbocycles. The molecule has 0 spiro atoms. The van der Waals surface area contributed by atoms with Crippen LogP contribution in [0.4, 0.5) is 15.8 Å². The second kappa shape index (κ2) is 6.36. The molecule has 0 bridgehead atoms. The molecule has 0 saturated carbocycles. The molecule has 114 valence electrons. The highest BCUT2D eigenvalue weighted by Gasteiger charge is 2.23. The number of nitrogens with one attached hydrogen (secondary N) is 1. The normalized spacial score (nSPS) is 14.5. The Morgan fingerprint density at radius 1 is 1.18 bits per heavy atom. The van der Waals surface area contributed by atoms with Gasteiger partial charge in [0, 0.05) is 30.1 Å². The van der Waals surface area contributed by atoms with Crippen LogP contribution in [0.3, 0.4) is 0 Å². The standard InChI is InChI=1S/C17H16ClFN2O/c18-13-5-3-6-14(19)12(13)11-20-15-7-1-2-8-16(15)21-10-4-9-17(21)22/h1-3,5-8,20H,4,9-11H2. The third kappa shape index (κ3) is 2.92. The molecule has 1 fully saturated rings. The van der Waals surface area contributed by atoms with E-state index in [9.17, 15) is 9.18 Å². The Balaban J connectivity index is 1.83. The van der Waals surface area contributed by atoms with Gasteiger partial charge in [-0.05, 0) is 30.7 Å². The summed E-state index contributed by atoms with van der Waals surface area (Å²) in [4.78, 5) is 13.7. The summed E-state index contributed by atoms with van der Waals surface area (Å²) in [6.45, 7) is 0.989. The van der Waals surface area contributed by atoms with E-state index < -0.39 is 0 Å². The van der Waals surface area contributed by atoms with Gasteiger partial charge >= 0.3 is 0 Å². The zero-order valence-electron chi connectivity index (χ0n) is 12.0. The first-order valence-electron chi connectivity index (χ1n) is 7.23. The van der Waals surface area contributed by atoms with E-state index in [2.05, 4.69) is 5.32 Å². The topological polar surface area (TPSA) is 32.3 Å². The van der Waals surface area contributed by atoms with Crippen molar-refractivity contribution in [1.29, 1.82) is 0 Å². The van der Waals surface area contributed by atoms with E-state index in [0.717, 1.165) is 24.3 Å². The molecule has 0 radical (unpaired) electrons. The van der Waals surface area contributed by atoms with Crippen LogP contribution in [0.5, 0.6) is 0 Å². The van der Waals surface area contributed by atoms with Gasteiger partial charge in [0.05, 0.1) is 11.4 Å². The third-order valence-corrected chi connectivity index (χ3v) is 4.14. The Bertz CT molecular complexity index is 685. The van der Waals surface area contributed by atoms with Crippen LogP contribution in [-0.2, 0) is 11.3 Å². The molecule has 0 aromatic heterocycles. The zero-order chi connectivity index (χ0) is 15.5. The Kier molecular flexibility index (Phi) is 4.29. The van der Waals surface area contributed by atoms with Gasteiger partial charge in [-0.25, -0.2) is 4.39 Å². The van der Waals surface area contributed by atoms with Gasteiger partial charge in [0.15, 0.2) is 0 Å². The highest BCUT2D eigenvalue weighted by molar-refractivity contribution is 6.31. The first kappa shape index (κ1) is 14.9. The number of hydrogen-bond donors (Lipinski definition) is 1. The first-order valence-corrected chi connectivity index (χ1v) is 7.61. The van der Waals surface area contributed by atoms with Gasteiger partial charge in [0.1, 0.15) is 5.82 Å². The molecule has 1 heterocycles. The van der Waals surface area contributed by atoms with E-state index in [0.29, 0.717) is 17.0 Å². The number of halogens is 2. The molecule has 1 aliphatic heterocycles. The Hall–Kier alpha value is -2.07. The number of carbonyl (C=O) groups is 1. The van der Waals surface area contributed by atoms with Crippen molar-refractivity contribution in [2.45, 2.75) is 19.4 Å². The third-order valence-electron chi connectivity index (χ3n) is 3.79. The van der Waals surface area contributed by atoms with Gasteiger partial charge < -0.3 is 10.2 Å². The molecular weight excluding hydrogens is 303 g/mol. The SMILES string of the molecule is O=C1CCCN1c1ccccc1NCc1c(F)cccc1Cl. The van der Waals surface area contributed by atoms with Gasteiger partial charge in [-0.3, -0.25) is 4.79 Å². The predicted molar refractivity (Wildman–Crippen MR) is 86.8 cm³/mol. The van der Waals surface area contributed by atoms with Crippen molar-refractivity contribution >= 4 is 28.9 Å². The summed E-state index contributed by atoms with van der Waals surface area (Å²) in [7, 11) is 0. The zero-order valence-corrected chi connectivity index (χ0v) is 12.7. The lowest BCUT2D eigenvalue weighted by molar-refractivity contribution is -0.117. The lowest BCUT2D eigenvalue weighted by Crippen LogP contribution is -2.24. The average molecular weight is 319 g/mol. The van der Waals surface area contributed by atoms with Crippen molar-refractivity contribution in [2.24, 2.45) is 0 Å². The molecule has 1 aliphatic rings. The Labute approximate surface area is 133 Å². The van der Waals surface area contributed by atoms with Crippen molar-refractivity contribution < 1.29 is 9.18 Å². The fourth-order valence-corrected chi connectivity index (χ4v) is 2.88. The fourth-order valence-electron chi connectivity index (χ4n) is 2.65. The maximum atomic E-state index is 13.8. The van der Waals surface area contributed by atoms with Gasteiger partial charge in [-0.2, -0.15) is 0 Å². The number of nitrogens with zero attached hydrogens (tertiary/aromatic N) is 1. The quantitative estimate of drug-likeness (QED) is 0.915. The van der Waals surface area contributed by atoms with Gasteiger partial charge in [-0.1, -0.05) is 29.8 Å². The predicted octanol–water partition coefficient (Wildman–Crippen LogP) is 4.22. The van der Waals surface area contributed by atoms with Crippen LogP contribution < -0.4 is 10.2 Å². The number of amides is 1. The molecule has 2 aromatic carbocycles. The molecule has 3 rings (SSSR count). The number of para-hydroxylation sites is 2. The minimum atomic E-state index is -0.338. The monoisotopic (exact) mass is 318 g/mol. The molecule has 5 heteroatoms. The van der Waals surface area contributed by atoms with Crippen LogP contribution in [0, 0.1) is 5.82 Å². The average Bonchev–Trinajstić information content (AvgIpc) is 2.93. The molecule has 1 saturated heterocycles. The lowest BCUT2D eigenvalue weighted by Gasteiger charge is -2.20. The summed E-state index contributed by atoms with van der Waals surface area (Å²) in [5.41, 5.74) is 2.06. The van der Waals surface area contributed by atoms with Crippen LogP contribution in [0.1, 0.15) is 18.4 Å². The largest absolute Gasteiger partial charge is 0.379 e. The number of anilines is 2. The van der Waals surface area contributed by atoms with Crippen LogP contribution in [0.2, 0.25) is 5.02 Å². The van der Waals surface area contributed by atoms with Crippen LogP contribution in [-0.4, -0.2) is 12.5 Å². The van der Waals surface area contributed by atoms with Crippen molar-refractivity contribution in [3.8, 4) is 0 Å². The molecule has 22 heavy (non-hydrogen) atoms. The Morgan fingerprint density at radius 2 is 2.00 bits per heavy atom. The number of hydrogen-bond acceptors (Lipinski definition) is 2. The van der Waals surface area contributed by atoms with E-state index in [-0.39, 0.29) is 18.3 Å². The Morgan fingerprint density at radius 3 is 2.73 bits per heavy atom. The van der Waals surface area contributed by atoms with Crippen molar-refractivity contribution in [2.75, 3.05) is 16.8 Å². The highest BCUT2D eigenvalue weighted by atomic mass is 35.5. The van der Waals surface area contributed by atoms with E-state index in [1.54, 1.807) is 17.0 Å². The van der Waals surface area contributed by atoms with Crippen molar-refractivity contribution in [3.05, 3.63) is 58.9 Å².